The van der Waals surface area contributed by atoms with Gasteiger partial charge in [0.15, 0.2) is 0 Å². The lowest BCUT2D eigenvalue weighted by atomic mass is 9.70. The van der Waals surface area contributed by atoms with E-state index in [-0.39, 0.29) is 16.7 Å². The Morgan fingerprint density at radius 2 is 1.70 bits per heavy atom. The molecule has 0 saturated heterocycles. The molecule has 0 heterocycles. The minimum atomic E-state index is -0.0777. The fourth-order valence-electron chi connectivity index (χ4n) is 4.67. The van der Waals surface area contributed by atoms with Gasteiger partial charge in [-0.25, -0.2) is 0 Å². The molecule has 0 aliphatic heterocycles. The molecule has 1 heteroatoms. The van der Waals surface area contributed by atoms with Crippen molar-refractivity contribution in [3.8, 4) is 0 Å². The number of rotatable bonds is 3. The second-order valence-electron chi connectivity index (χ2n) is 7.54. The Labute approximate surface area is 122 Å². The van der Waals surface area contributed by atoms with Gasteiger partial charge in [0.1, 0.15) is 5.78 Å². The Morgan fingerprint density at radius 3 is 2.20 bits per heavy atom. The summed E-state index contributed by atoms with van der Waals surface area (Å²) >= 11 is 0. The number of aryl methyl sites for hydroxylation is 1. The summed E-state index contributed by atoms with van der Waals surface area (Å²) in [5.41, 5.74) is 2.80. The molecule has 2 saturated carbocycles. The SMILES string of the molecule is CCc1ccc(CC2C(=O)C3(C)CCC2C3(C)C)cc1. The molecule has 2 aliphatic carbocycles. The average Bonchev–Trinajstić information content (AvgIpc) is 2.74. The van der Waals surface area contributed by atoms with E-state index in [0.717, 1.165) is 19.3 Å². The van der Waals surface area contributed by atoms with Crippen LogP contribution in [0.1, 0.15) is 51.7 Å². The molecule has 3 rings (SSSR count). The summed E-state index contributed by atoms with van der Waals surface area (Å²) in [4.78, 5) is 12.8. The molecule has 0 spiro atoms. The van der Waals surface area contributed by atoms with E-state index in [2.05, 4.69) is 52.0 Å². The molecular weight excluding hydrogens is 244 g/mol. The van der Waals surface area contributed by atoms with Crippen LogP contribution in [0, 0.1) is 22.7 Å². The number of hydrogen-bond acceptors (Lipinski definition) is 1. The van der Waals surface area contributed by atoms with Gasteiger partial charge in [0.2, 0.25) is 0 Å². The highest BCUT2D eigenvalue weighted by Crippen LogP contribution is 2.66. The smallest absolute Gasteiger partial charge is 0.142 e. The fraction of sp³-hybridized carbons (Fsp3) is 0.632. The number of ketones is 1. The van der Waals surface area contributed by atoms with Crippen molar-refractivity contribution in [2.75, 3.05) is 0 Å². The first kappa shape index (κ1) is 13.9. The van der Waals surface area contributed by atoms with Gasteiger partial charge in [-0.3, -0.25) is 4.79 Å². The maximum atomic E-state index is 12.8. The van der Waals surface area contributed by atoms with Crippen molar-refractivity contribution in [2.24, 2.45) is 22.7 Å². The summed E-state index contributed by atoms with van der Waals surface area (Å²) in [6.07, 6.45) is 4.34. The summed E-state index contributed by atoms with van der Waals surface area (Å²) < 4.78 is 0. The van der Waals surface area contributed by atoms with Crippen LogP contribution in [-0.4, -0.2) is 5.78 Å². The van der Waals surface area contributed by atoms with Crippen LogP contribution in [0.15, 0.2) is 24.3 Å². The maximum absolute atomic E-state index is 12.8. The second kappa shape index (κ2) is 4.44. The normalized spacial score (nSPS) is 34.7. The quantitative estimate of drug-likeness (QED) is 0.794. The van der Waals surface area contributed by atoms with Crippen molar-refractivity contribution in [3.05, 3.63) is 35.4 Å². The van der Waals surface area contributed by atoms with Crippen LogP contribution in [0.4, 0.5) is 0 Å². The molecule has 0 aromatic heterocycles. The lowest BCUT2D eigenvalue weighted by Gasteiger charge is -2.32. The van der Waals surface area contributed by atoms with Crippen molar-refractivity contribution in [3.63, 3.8) is 0 Å². The van der Waals surface area contributed by atoms with Gasteiger partial charge in [-0.05, 0) is 48.1 Å². The Morgan fingerprint density at radius 1 is 1.10 bits per heavy atom. The predicted molar refractivity (Wildman–Crippen MR) is 82.6 cm³/mol. The number of carbonyl (C=O) groups is 1. The van der Waals surface area contributed by atoms with Crippen LogP contribution in [0.5, 0.6) is 0 Å². The molecule has 108 valence electrons. The fourth-order valence-corrected chi connectivity index (χ4v) is 4.67. The van der Waals surface area contributed by atoms with E-state index in [4.69, 9.17) is 0 Å². The molecule has 1 aromatic rings. The predicted octanol–water partition coefficient (Wildman–Crippen LogP) is 4.43. The lowest BCUT2D eigenvalue weighted by Crippen LogP contribution is -2.33. The first-order valence-electron chi connectivity index (χ1n) is 8.02. The number of benzene rings is 1. The van der Waals surface area contributed by atoms with E-state index in [9.17, 15) is 4.79 Å². The zero-order chi connectivity index (χ0) is 14.5. The van der Waals surface area contributed by atoms with Gasteiger partial charge < -0.3 is 0 Å². The summed E-state index contributed by atoms with van der Waals surface area (Å²) in [7, 11) is 0. The molecule has 3 atom stereocenters. The van der Waals surface area contributed by atoms with Crippen LogP contribution in [0.25, 0.3) is 0 Å². The maximum Gasteiger partial charge on any atom is 0.142 e. The third-order valence-electron chi connectivity index (χ3n) is 6.56. The van der Waals surface area contributed by atoms with Gasteiger partial charge in [-0.2, -0.15) is 0 Å². The number of carbonyl (C=O) groups excluding carboxylic acids is 1. The molecule has 2 aliphatic rings. The van der Waals surface area contributed by atoms with Crippen LogP contribution in [0.3, 0.4) is 0 Å². The minimum absolute atomic E-state index is 0.0777. The van der Waals surface area contributed by atoms with Crippen LogP contribution >= 0.6 is 0 Å². The Hall–Kier alpha value is -1.11. The molecule has 2 fully saturated rings. The van der Waals surface area contributed by atoms with E-state index in [1.54, 1.807) is 0 Å². The van der Waals surface area contributed by atoms with Gasteiger partial charge >= 0.3 is 0 Å². The highest BCUT2D eigenvalue weighted by molar-refractivity contribution is 5.91. The zero-order valence-electron chi connectivity index (χ0n) is 13.2. The second-order valence-corrected chi connectivity index (χ2v) is 7.54. The zero-order valence-corrected chi connectivity index (χ0v) is 13.2. The van der Waals surface area contributed by atoms with Gasteiger partial charge in [0.25, 0.3) is 0 Å². The van der Waals surface area contributed by atoms with Crippen LogP contribution < -0.4 is 0 Å². The first-order valence-corrected chi connectivity index (χ1v) is 8.02. The van der Waals surface area contributed by atoms with Gasteiger partial charge in [0, 0.05) is 11.3 Å². The monoisotopic (exact) mass is 270 g/mol. The summed E-state index contributed by atoms with van der Waals surface area (Å²) in [5.74, 6) is 1.35. The van der Waals surface area contributed by atoms with Gasteiger partial charge in [-0.15, -0.1) is 0 Å². The summed E-state index contributed by atoms with van der Waals surface area (Å²) in [6, 6.07) is 8.85. The molecule has 2 bridgehead atoms. The van der Waals surface area contributed by atoms with Crippen molar-refractivity contribution in [1.29, 1.82) is 0 Å². The molecule has 20 heavy (non-hydrogen) atoms. The van der Waals surface area contributed by atoms with Crippen molar-refractivity contribution >= 4 is 5.78 Å². The highest BCUT2D eigenvalue weighted by atomic mass is 16.1. The molecule has 1 nitrogen and oxygen atoms in total. The summed E-state index contributed by atoms with van der Waals surface area (Å²) in [5, 5.41) is 0. The molecule has 0 radical (unpaired) electrons. The van der Waals surface area contributed by atoms with E-state index in [0.29, 0.717) is 11.7 Å². The lowest BCUT2D eigenvalue weighted by molar-refractivity contribution is -0.131. The molecule has 0 amide bonds. The van der Waals surface area contributed by atoms with Crippen molar-refractivity contribution in [1.82, 2.24) is 0 Å². The highest BCUT2D eigenvalue weighted by Gasteiger charge is 2.65. The van der Waals surface area contributed by atoms with E-state index >= 15 is 0 Å². The minimum Gasteiger partial charge on any atom is -0.299 e. The Bertz CT molecular complexity index is 525. The van der Waals surface area contributed by atoms with Crippen molar-refractivity contribution in [2.45, 2.75) is 53.4 Å². The van der Waals surface area contributed by atoms with Crippen molar-refractivity contribution < 1.29 is 4.79 Å². The number of fused-ring (bicyclic) bond motifs is 2. The largest absolute Gasteiger partial charge is 0.299 e. The van der Waals surface area contributed by atoms with Crippen LogP contribution in [-0.2, 0) is 17.6 Å². The van der Waals surface area contributed by atoms with E-state index in [1.807, 2.05) is 0 Å². The van der Waals surface area contributed by atoms with E-state index in [1.165, 1.54) is 17.5 Å². The molecule has 0 N–H and O–H groups in total. The number of Topliss-reactive ketones (excluding diaryl/α,β-unsaturated/α-hetero) is 1. The molecule has 1 aromatic carbocycles. The molecular formula is C19H26O. The average molecular weight is 270 g/mol. The van der Waals surface area contributed by atoms with Gasteiger partial charge in [-0.1, -0.05) is 52.0 Å². The van der Waals surface area contributed by atoms with Crippen LogP contribution in [0.2, 0.25) is 0 Å². The molecule has 3 unspecified atom stereocenters. The summed E-state index contributed by atoms with van der Waals surface area (Å²) in [6.45, 7) is 9.00. The number of hydrogen-bond donors (Lipinski definition) is 0. The standard InChI is InChI=1S/C19H26O/c1-5-13-6-8-14(9-7-13)12-15-16-10-11-19(4,17(15)20)18(16,2)3/h6-9,15-16H,5,10-12H2,1-4H3. The Kier molecular flexibility index (Phi) is 3.08. The first-order chi connectivity index (χ1) is 9.40. The Balaban J connectivity index is 1.83. The topological polar surface area (TPSA) is 17.1 Å². The van der Waals surface area contributed by atoms with Gasteiger partial charge in [0.05, 0.1) is 0 Å². The third-order valence-corrected chi connectivity index (χ3v) is 6.56. The van der Waals surface area contributed by atoms with E-state index < -0.39 is 0 Å². The third kappa shape index (κ3) is 1.71.